The summed E-state index contributed by atoms with van der Waals surface area (Å²) in [5.41, 5.74) is 1.81. The van der Waals surface area contributed by atoms with Gasteiger partial charge in [0.05, 0.1) is 4.90 Å². The van der Waals surface area contributed by atoms with E-state index in [1.54, 1.807) is 23.7 Å². The maximum Gasteiger partial charge on any atom is 0.244 e. The zero-order valence-electron chi connectivity index (χ0n) is 14.6. The summed E-state index contributed by atoms with van der Waals surface area (Å²) in [5, 5.41) is 4.83. The third-order valence-corrected chi connectivity index (χ3v) is 6.07. The van der Waals surface area contributed by atoms with Crippen molar-refractivity contribution in [1.29, 1.82) is 0 Å². The van der Waals surface area contributed by atoms with Gasteiger partial charge in [-0.1, -0.05) is 48.0 Å². The number of carbonyl (C=O) groups excluding carboxylic acids is 1. The molecular formula is C19H19N3O3S2. The van der Waals surface area contributed by atoms with E-state index in [-0.39, 0.29) is 11.3 Å². The summed E-state index contributed by atoms with van der Waals surface area (Å²) >= 11 is 1.27. The number of anilines is 1. The molecule has 0 aliphatic heterocycles. The Labute approximate surface area is 162 Å². The lowest BCUT2D eigenvalue weighted by Gasteiger charge is -2.18. The van der Waals surface area contributed by atoms with Crippen LogP contribution in [0.5, 0.6) is 0 Å². The van der Waals surface area contributed by atoms with Crippen LogP contribution in [0.4, 0.5) is 5.13 Å². The molecule has 0 bridgehead atoms. The number of amides is 1. The largest absolute Gasteiger partial charge is 0.301 e. The van der Waals surface area contributed by atoms with Gasteiger partial charge < -0.3 is 5.32 Å². The van der Waals surface area contributed by atoms with Crippen molar-refractivity contribution in [3.05, 3.63) is 77.3 Å². The molecule has 0 unspecified atom stereocenters. The molecule has 0 spiro atoms. The molecule has 6 nitrogen and oxygen atoms in total. The predicted molar refractivity (Wildman–Crippen MR) is 106 cm³/mol. The van der Waals surface area contributed by atoms with E-state index in [4.69, 9.17) is 0 Å². The molecule has 0 fully saturated rings. The molecule has 1 atom stereocenters. The van der Waals surface area contributed by atoms with Crippen LogP contribution in [0.3, 0.4) is 0 Å². The van der Waals surface area contributed by atoms with E-state index in [0.29, 0.717) is 5.13 Å². The third kappa shape index (κ3) is 5.22. The SMILES string of the molecule is Cc1ccc(S(=O)(=O)N[C@@H](Cc2ccccc2)C(=O)Nc2nccs2)cc1. The summed E-state index contributed by atoms with van der Waals surface area (Å²) in [6.07, 6.45) is 1.80. The Hall–Kier alpha value is -2.55. The molecule has 140 valence electrons. The zero-order valence-corrected chi connectivity index (χ0v) is 16.3. The van der Waals surface area contributed by atoms with Gasteiger partial charge >= 0.3 is 0 Å². The average molecular weight is 402 g/mol. The fraction of sp³-hybridized carbons (Fsp3) is 0.158. The summed E-state index contributed by atoms with van der Waals surface area (Å²) in [6.45, 7) is 1.88. The van der Waals surface area contributed by atoms with E-state index in [2.05, 4.69) is 15.0 Å². The van der Waals surface area contributed by atoms with Gasteiger partial charge in [-0.25, -0.2) is 13.4 Å². The Bertz CT molecular complexity index is 986. The van der Waals surface area contributed by atoms with Crippen molar-refractivity contribution in [2.24, 2.45) is 0 Å². The topological polar surface area (TPSA) is 88.2 Å². The molecule has 8 heteroatoms. The summed E-state index contributed by atoms with van der Waals surface area (Å²) in [6, 6.07) is 14.8. The Kier molecular flexibility index (Phi) is 6.00. The van der Waals surface area contributed by atoms with Crippen molar-refractivity contribution in [2.45, 2.75) is 24.3 Å². The number of hydrogen-bond acceptors (Lipinski definition) is 5. The molecule has 0 saturated carbocycles. The van der Waals surface area contributed by atoms with Crippen molar-refractivity contribution in [2.75, 3.05) is 5.32 Å². The predicted octanol–water partition coefficient (Wildman–Crippen LogP) is 2.98. The van der Waals surface area contributed by atoms with Crippen LogP contribution in [-0.4, -0.2) is 25.4 Å². The molecule has 3 rings (SSSR count). The second-order valence-electron chi connectivity index (χ2n) is 6.00. The Morgan fingerprint density at radius 1 is 1.11 bits per heavy atom. The van der Waals surface area contributed by atoms with Crippen LogP contribution in [0.1, 0.15) is 11.1 Å². The molecule has 3 aromatic rings. The quantitative estimate of drug-likeness (QED) is 0.637. The molecule has 27 heavy (non-hydrogen) atoms. The highest BCUT2D eigenvalue weighted by Crippen LogP contribution is 2.15. The molecule has 0 aliphatic rings. The number of aromatic nitrogens is 1. The normalized spacial score (nSPS) is 12.5. The number of sulfonamides is 1. The van der Waals surface area contributed by atoms with Gasteiger partial charge in [0.1, 0.15) is 6.04 Å². The first-order valence-corrected chi connectivity index (χ1v) is 10.6. The minimum atomic E-state index is -3.85. The summed E-state index contributed by atoms with van der Waals surface area (Å²) in [5.74, 6) is -0.454. The summed E-state index contributed by atoms with van der Waals surface area (Å²) in [4.78, 5) is 16.8. The van der Waals surface area contributed by atoms with Crippen molar-refractivity contribution in [3.8, 4) is 0 Å². The molecule has 1 aromatic heterocycles. The molecule has 2 aromatic carbocycles. The van der Waals surface area contributed by atoms with Crippen molar-refractivity contribution < 1.29 is 13.2 Å². The van der Waals surface area contributed by atoms with Gasteiger partial charge in [-0.3, -0.25) is 4.79 Å². The van der Waals surface area contributed by atoms with Crippen LogP contribution >= 0.6 is 11.3 Å². The molecule has 1 heterocycles. The number of thiazole rings is 1. The highest BCUT2D eigenvalue weighted by atomic mass is 32.2. The average Bonchev–Trinajstić information content (AvgIpc) is 3.15. The van der Waals surface area contributed by atoms with E-state index < -0.39 is 22.0 Å². The smallest absolute Gasteiger partial charge is 0.244 e. The van der Waals surface area contributed by atoms with Crippen LogP contribution in [0.15, 0.2) is 71.1 Å². The van der Waals surface area contributed by atoms with Crippen molar-refractivity contribution in [3.63, 3.8) is 0 Å². The first-order valence-electron chi connectivity index (χ1n) is 8.27. The minimum absolute atomic E-state index is 0.119. The zero-order chi connectivity index (χ0) is 19.3. The van der Waals surface area contributed by atoms with Crippen LogP contribution in [0, 0.1) is 6.92 Å². The Morgan fingerprint density at radius 3 is 2.44 bits per heavy atom. The third-order valence-electron chi connectivity index (χ3n) is 3.89. The standard InChI is InChI=1S/C19H19N3O3S2/c1-14-7-9-16(10-8-14)27(24,25)22-17(13-15-5-3-2-4-6-15)18(23)21-19-20-11-12-26-19/h2-12,17,22H,13H2,1H3,(H,20,21,23)/t17-/m0/s1. The van der Waals surface area contributed by atoms with E-state index in [1.807, 2.05) is 37.3 Å². The maximum absolute atomic E-state index is 12.7. The van der Waals surface area contributed by atoms with E-state index >= 15 is 0 Å². The lowest BCUT2D eigenvalue weighted by molar-refractivity contribution is -0.117. The van der Waals surface area contributed by atoms with Crippen molar-refractivity contribution >= 4 is 32.4 Å². The lowest BCUT2D eigenvalue weighted by Crippen LogP contribution is -2.45. The van der Waals surface area contributed by atoms with Gasteiger partial charge in [-0.2, -0.15) is 4.72 Å². The molecule has 0 radical (unpaired) electrons. The van der Waals surface area contributed by atoms with Gasteiger partial charge in [0.2, 0.25) is 15.9 Å². The van der Waals surface area contributed by atoms with Gasteiger partial charge in [0.25, 0.3) is 0 Å². The van der Waals surface area contributed by atoms with Crippen LogP contribution in [0.25, 0.3) is 0 Å². The van der Waals surface area contributed by atoms with Crippen LogP contribution in [0.2, 0.25) is 0 Å². The fourth-order valence-electron chi connectivity index (χ4n) is 2.49. The van der Waals surface area contributed by atoms with Gasteiger partial charge in [-0.15, -0.1) is 11.3 Å². The first-order chi connectivity index (χ1) is 12.9. The highest BCUT2D eigenvalue weighted by Gasteiger charge is 2.26. The second kappa shape index (κ2) is 8.43. The first kappa shape index (κ1) is 19.2. The summed E-state index contributed by atoms with van der Waals surface area (Å²) in [7, 11) is -3.85. The highest BCUT2D eigenvalue weighted by molar-refractivity contribution is 7.89. The maximum atomic E-state index is 12.7. The molecule has 0 saturated heterocycles. The van der Waals surface area contributed by atoms with Crippen LogP contribution < -0.4 is 10.0 Å². The number of hydrogen-bond donors (Lipinski definition) is 2. The number of nitrogens with one attached hydrogen (secondary N) is 2. The van der Waals surface area contributed by atoms with Gasteiger partial charge in [0, 0.05) is 11.6 Å². The number of nitrogens with zero attached hydrogens (tertiary/aromatic N) is 1. The van der Waals surface area contributed by atoms with E-state index in [1.165, 1.54) is 23.5 Å². The van der Waals surface area contributed by atoms with Crippen molar-refractivity contribution in [1.82, 2.24) is 9.71 Å². The molecule has 1 amide bonds. The van der Waals surface area contributed by atoms with Crippen LogP contribution in [-0.2, 0) is 21.2 Å². The lowest BCUT2D eigenvalue weighted by atomic mass is 10.1. The number of aryl methyl sites for hydroxylation is 1. The fourth-order valence-corrected chi connectivity index (χ4v) is 4.22. The molecule has 0 aliphatic carbocycles. The summed E-state index contributed by atoms with van der Waals surface area (Å²) < 4.78 is 28.0. The molecular weight excluding hydrogens is 382 g/mol. The Balaban J connectivity index is 1.84. The monoisotopic (exact) mass is 401 g/mol. The minimum Gasteiger partial charge on any atom is -0.301 e. The van der Waals surface area contributed by atoms with E-state index in [9.17, 15) is 13.2 Å². The van der Waals surface area contributed by atoms with Gasteiger partial charge in [-0.05, 0) is 31.0 Å². The number of carbonyl (C=O) groups is 1. The number of benzene rings is 2. The van der Waals surface area contributed by atoms with Gasteiger partial charge in [0.15, 0.2) is 5.13 Å². The Morgan fingerprint density at radius 2 is 1.81 bits per heavy atom. The second-order valence-corrected chi connectivity index (χ2v) is 8.61. The van der Waals surface area contributed by atoms with E-state index in [0.717, 1.165) is 11.1 Å². The number of rotatable bonds is 7. The molecule has 2 N–H and O–H groups in total.